The first-order valence-corrected chi connectivity index (χ1v) is 5.92. The van der Waals surface area contributed by atoms with Crippen LogP contribution in [-0.2, 0) is 0 Å². The van der Waals surface area contributed by atoms with Crippen molar-refractivity contribution >= 4 is 27.5 Å². The molecule has 0 N–H and O–H groups in total. The van der Waals surface area contributed by atoms with Gasteiger partial charge in [-0.25, -0.2) is 4.68 Å². The summed E-state index contributed by atoms with van der Waals surface area (Å²) < 4.78 is 2.82. The molecule has 5 heteroatoms. The van der Waals surface area contributed by atoms with Crippen LogP contribution in [0.3, 0.4) is 0 Å². The molecule has 0 atom stereocenters. The highest BCUT2D eigenvalue weighted by Crippen LogP contribution is 2.29. The van der Waals surface area contributed by atoms with E-state index in [1.807, 2.05) is 4.68 Å². The number of hydrogen-bond donors (Lipinski definition) is 0. The molecule has 0 unspecified atom stereocenters. The lowest BCUT2D eigenvalue weighted by Crippen LogP contribution is -2.31. The number of halogens is 2. The van der Waals surface area contributed by atoms with E-state index < -0.39 is 0 Å². The van der Waals surface area contributed by atoms with Gasteiger partial charge in [-0.1, -0.05) is 11.6 Å². The largest absolute Gasteiger partial charge is 0.306 e. The maximum absolute atomic E-state index is 6.12. The van der Waals surface area contributed by atoms with Crippen LogP contribution in [0.5, 0.6) is 0 Å². The zero-order chi connectivity index (χ0) is 10.1. The number of piperidine rings is 1. The fraction of sp³-hybridized carbons (Fsp3) is 0.667. The van der Waals surface area contributed by atoms with Gasteiger partial charge in [0.05, 0.1) is 16.7 Å². The minimum atomic E-state index is 0.463. The van der Waals surface area contributed by atoms with E-state index in [9.17, 15) is 0 Å². The Morgan fingerprint density at radius 2 is 2.14 bits per heavy atom. The van der Waals surface area contributed by atoms with Gasteiger partial charge in [0.2, 0.25) is 0 Å². The molecule has 1 aliphatic heterocycles. The van der Waals surface area contributed by atoms with Crippen LogP contribution in [0.15, 0.2) is 10.7 Å². The predicted molar refractivity (Wildman–Crippen MR) is 60.7 cm³/mol. The Hall–Kier alpha value is -0.0600. The van der Waals surface area contributed by atoms with Gasteiger partial charge in [-0.05, 0) is 48.9 Å². The van der Waals surface area contributed by atoms with Crippen molar-refractivity contribution in [3.05, 3.63) is 15.8 Å². The van der Waals surface area contributed by atoms with E-state index in [0.29, 0.717) is 6.04 Å². The Balaban J connectivity index is 2.12. The lowest BCUT2D eigenvalue weighted by molar-refractivity contribution is 0.212. The van der Waals surface area contributed by atoms with Crippen LogP contribution in [0.2, 0.25) is 5.15 Å². The van der Waals surface area contributed by atoms with E-state index in [4.69, 9.17) is 11.6 Å². The maximum Gasteiger partial charge on any atom is 0.141 e. The van der Waals surface area contributed by atoms with Crippen LogP contribution in [-0.4, -0.2) is 34.8 Å². The van der Waals surface area contributed by atoms with Gasteiger partial charge in [0.1, 0.15) is 5.15 Å². The highest BCUT2D eigenvalue weighted by atomic mass is 79.9. The van der Waals surface area contributed by atoms with E-state index in [-0.39, 0.29) is 0 Å². The lowest BCUT2D eigenvalue weighted by Gasteiger charge is -2.29. The normalized spacial score (nSPS) is 20.2. The lowest BCUT2D eigenvalue weighted by atomic mass is 10.1. The van der Waals surface area contributed by atoms with E-state index in [1.165, 1.54) is 0 Å². The molecule has 0 spiro atoms. The molecule has 1 aromatic heterocycles. The van der Waals surface area contributed by atoms with Crippen molar-refractivity contribution in [1.82, 2.24) is 14.7 Å². The maximum atomic E-state index is 6.12. The number of nitrogens with zero attached hydrogens (tertiary/aromatic N) is 3. The smallest absolute Gasteiger partial charge is 0.141 e. The van der Waals surface area contributed by atoms with E-state index in [0.717, 1.165) is 35.6 Å². The van der Waals surface area contributed by atoms with Crippen LogP contribution in [0.4, 0.5) is 0 Å². The van der Waals surface area contributed by atoms with Gasteiger partial charge >= 0.3 is 0 Å². The van der Waals surface area contributed by atoms with E-state index in [1.54, 1.807) is 6.20 Å². The molecule has 78 valence electrons. The van der Waals surface area contributed by atoms with Gasteiger partial charge in [0.25, 0.3) is 0 Å². The van der Waals surface area contributed by atoms with E-state index in [2.05, 4.69) is 33.0 Å². The molecule has 14 heavy (non-hydrogen) atoms. The summed E-state index contributed by atoms with van der Waals surface area (Å²) in [5, 5.41) is 5.01. The average Bonchev–Trinajstić information content (AvgIpc) is 2.50. The molecular formula is C9H13BrClN3. The van der Waals surface area contributed by atoms with Gasteiger partial charge < -0.3 is 4.90 Å². The highest BCUT2D eigenvalue weighted by Gasteiger charge is 2.21. The first-order valence-electron chi connectivity index (χ1n) is 4.75. The number of aromatic nitrogens is 2. The summed E-state index contributed by atoms with van der Waals surface area (Å²) in [6.45, 7) is 2.25. The average molecular weight is 279 g/mol. The Kier molecular flexibility index (Phi) is 3.14. The summed E-state index contributed by atoms with van der Waals surface area (Å²) in [5.74, 6) is 0. The third-order valence-corrected chi connectivity index (χ3v) is 3.91. The van der Waals surface area contributed by atoms with Crippen molar-refractivity contribution in [2.24, 2.45) is 0 Å². The number of hydrogen-bond acceptors (Lipinski definition) is 2. The zero-order valence-corrected chi connectivity index (χ0v) is 10.4. The van der Waals surface area contributed by atoms with Gasteiger partial charge in [-0.15, -0.1) is 0 Å². The van der Waals surface area contributed by atoms with Crippen LogP contribution in [0.1, 0.15) is 18.9 Å². The van der Waals surface area contributed by atoms with Crippen molar-refractivity contribution in [3.63, 3.8) is 0 Å². The van der Waals surface area contributed by atoms with Gasteiger partial charge in [0, 0.05) is 0 Å². The molecule has 2 rings (SSSR count). The molecule has 0 aromatic carbocycles. The predicted octanol–water partition coefficient (Wildman–Crippen LogP) is 2.57. The van der Waals surface area contributed by atoms with Crippen LogP contribution >= 0.6 is 27.5 Å². The van der Waals surface area contributed by atoms with Gasteiger partial charge in [-0.2, -0.15) is 5.10 Å². The van der Waals surface area contributed by atoms with Gasteiger partial charge in [0.15, 0.2) is 0 Å². The van der Waals surface area contributed by atoms with Gasteiger partial charge in [-0.3, -0.25) is 0 Å². The van der Waals surface area contributed by atoms with Crippen molar-refractivity contribution in [2.45, 2.75) is 18.9 Å². The molecule has 0 bridgehead atoms. The summed E-state index contributed by atoms with van der Waals surface area (Å²) in [4.78, 5) is 2.34. The molecule has 1 fully saturated rings. The summed E-state index contributed by atoms with van der Waals surface area (Å²) >= 11 is 9.49. The van der Waals surface area contributed by atoms with Crippen LogP contribution in [0.25, 0.3) is 0 Å². The molecule has 3 nitrogen and oxygen atoms in total. The molecule has 1 saturated heterocycles. The SMILES string of the molecule is CN1CCC(n2ncc(Br)c2Cl)CC1. The minimum absolute atomic E-state index is 0.463. The van der Waals surface area contributed by atoms with E-state index >= 15 is 0 Å². The minimum Gasteiger partial charge on any atom is -0.306 e. The van der Waals surface area contributed by atoms with Crippen molar-refractivity contribution in [2.75, 3.05) is 20.1 Å². The third kappa shape index (κ3) is 1.97. The fourth-order valence-electron chi connectivity index (χ4n) is 1.82. The van der Waals surface area contributed by atoms with Crippen molar-refractivity contribution in [1.29, 1.82) is 0 Å². The molecule has 1 aliphatic rings. The monoisotopic (exact) mass is 277 g/mol. The Bertz CT molecular complexity index is 318. The second kappa shape index (κ2) is 4.21. The fourth-order valence-corrected chi connectivity index (χ4v) is 2.32. The van der Waals surface area contributed by atoms with Crippen LogP contribution in [0, 0.1) is 0 Å². The molecule has 0 aliphatic carbocycles. The molecule has 0 radical (unpaired) electrons. The molecule has 1 aromatic rings. The Morgan fingerprint density at radius 1 is 1.50 bits per heavy atom. The first-order chi connectivity index (χ1) is 6.68. The van der Waals surface area contributed by atoms with Crippen molar-refractivity contribution in [3.8, 4) is 0 Å². The second-order valence-electron chi connectivity index (χ2n) is 3.76. The first kappa shape index (κ1) is 10.5. The third-order valence-electron chi connectivity index (χ3n) is 2.73. The topological polar surface area (TPSA) is 21.1 Å². The summed E-state index contributed by atoms with van der Waals surface area (Å²) in [5.41, 5.74) is 0. The number of rotatable bonds is 1. The molecule has 2 heterocycles. The summed E-state index contributed by atoms with van der Waals surface area (Å²) in [7, 11) is 2.15. The van der Waals surface area contributed by atoms with Crippen molar-refractivity contribution < 1.29 is 0 Å². The zero-order valence-electron chi connectivity index (χ0n) is 8.08. The molecular weight excluding hydrogens is 265 g/mol. The van der Waals surface area contributed by atoms with Crippen LogP contribution < -0.4 is 0 Å². The molecule has 0 saturated carbocycles. The standard InChI is InChI=1S/C9H13BrClN3/c1-13-4-2-7(3-5-13)14-9(11)8(10)6-12-14/h6-7H,2-5H2,1H3. The Labute approximate surface area is 97.2 Å². The summed E-state index contributed by atoms with van der Waals surface area (Å²) in [6.07, 6.45) is 4.02. The summed E-state index contributed by atoms with van der Waals surface area (Å²) in [6, 6.07) is 0.463. The second-order valence-corrected chi connectivity index (χ2v) is 4.97. The number of likely N-dealkylation sites (tertiary alicyclic amines) is 1. The molecule has 0 amide bonds. The highest BCUT2D eigenvalue weighted by molar-refractivity contribution is 9.10. The quantitative estimate of drug-likeness (QED) is 0.787. The Morgan fingerprint density at radius 3 is 2.64 bits per heavy atom.